The van der Waals surface area contributed by atoms with Gasteiger partial charge in [-0.15, -0.1) is 0 Å². The lowest BCUT2D eigenvalue weighted by atomic mass is 9.83. The van der Waals surface area contributed by atoms with Gasteiger partial charge < -0.3 is 14.9 Å². The summed E-state index contributed by atoms with van der Waals surface area (Å²) in [5.74, 6) is -3.82. The minimum absolute atomic E-state index is 1.17. The highest BCUT2D eigenvalue weighted by Crippen LogP contribution is 2.29. The summed E-state index contributed by atoms with van der Waals surface area (Å²) in [5.41, 5.74) is -1.87. The molecule has 16 heavy (non-hydrogen) atoms. The van der Waals surface area contributed by atoms with Gasteiger partial charge in [-0.3, -0.25) is 4.79 Å². The van der Waals surface area contributed by atoms with Crippen molar-refractivity contribution in [3.63, 3.8) is 0 Å². The van der Waals surface area contributed by atoms with E-state index < -0.39 is 23.5 Å². The minimum Gasteiger partial charge on any atom is -0.481 e. The van der Waals surface area contributed by atoms with Gasteiger partial charge in [0.1, 0.15) is 5.92 Å². The van der Waals surface area contributed by atoms with Crippen LogP contribution in [0.4, 0.5) is 0 Å². The van der Waals surface area contributed by atoms with E-state index in [1.54, 1.807) is 6.92 Å². The Morgan fingerprint density at radius 3 is 2.56 bits per heavy atom. The highest BCUT2D eigenvalue weighted by atomic mass is 16.5. The van der Waals surface area contributed by atoms with E-state index in [0.717, 1.165) is 0 Å². The van der Waals surface area contributed by atoms with Crippen molar-refractivity contribution in [2.75, 3.05) is 0 Å². The van der Waals surface area contributed by atoms with Crippen LogP contribution >= 0.6 is 0 Å². The van der Waals surface area contributed by atoms with Crippen LogP contribution in [0.5, 0.6) is 0 Å². The van der Waals surface area contributed by atoms with Crippen molar-refractivity contribution < 1.29 is 24.5 Å². The third-order valence-corrected chi connectivity index (χ3v) is 2.22. The molecule has 0 amide bonds. The number of aliphatic carboxylic acids is 2. The van der Waals surface area contributed by atoms with Gasteiger partial charge in [-0.05, 0) is 13.0 Å². The minimum atomic E-state index is -1.87. The van der Waals surface area contributed by atoms with Crippen LogP contribution in [0.25, 0.3) is 0 Å². The first kappa shape index (κ1) is 12.0. The number of carbonyl (C=O) groups is 2. The Balaban J connectivity index is 3.15. The van der Waals surface area contributed by atoms with E-state index in [-0.39, 0.29) is 0 Å². The van der Waals surface area contributed by atoms with Crippen LogP contribution in [0.1, 0.15) is 6.92 Å². The molecule has 86 valence electrons. The maximum absolute atomic E-state index is 11.2. The number of hydrogen-bond donors (Lipinski definition) is 2. The molecule has 2 unspecified atom stereocenters. The molecule has 0 spiro atoms. The zero-order valence-electron chi connectivity index (χ0n) is 8.66. The molecule has 1 aliphatic rings. The van der Waals surface area contributed by atoms with E-state index >= 15 is 0 Å². The Morgan fingerprint density at radius 2 is 2.06 bits per heavy atom. The molecule has 2 atom stereocenters. The fourth-order valence-electron chi connectivity index (χ4n) is 1.43. The van der Waals surface area contributed by atoms with Crippen LogP contribution in [0, 0.1) is 5.92 Å². The van der Waals surface area contributed by atoms with E-state index in [1.807, 2.05) is 0 Å². The highest BCUT2D eigenvalue weighted by molar-refractivity contribution is 5.90. The third kappa shape index (κ3) is 1.98. The Labute approximate surface area is 92.3 Å². The zero-order valence-corrected chi connectivity index (χ0v) is 8.66. The fourth-order valence-corrected chi connectivity index (χ4v) is 1.43. The fraction of sp³-hybridized carbons (Fsp3) is 0.273. The van der Waals surface area contributed by atoms with Gasteiger partial charge in [-0.1, -0.05) is 24.3 Å². The number of hydrogen-bond acceptors (Lipinski definition) is 3. The molecule has 0 bridgehead atoms. The van der Waals surface area contributed by atoms with Crippen molar-refractivity contribution in [3.05, 3.63) is 36.6 Å². The molecule has 0 radical (unpaired) electrons. The van der Waals surface area contributed by atoms with E-state index in [0.29, 0.717) is 0 Å². The van der Waals surface area contributed by atoms with Crippen molar-refractivity contribution >= 4 is 11.9 Å². The second-order valence-corrected chi connectivity index (χ2v) is 3.25. The van der Waals surface area contributed by atoms with Crippen LogP contribution in [-0.4, -0.2) is 27.8 Å². The van der Waals surface area contributed by atoms with Gasteiger partial charge in [0.05, 0.1) is 6.26 Å². The molecule has 1 aliphatic carbocycles. The molecular formula is C11H12O5. The lowest BCUT2D eigenvalue weighted by Crippen LogP contribution is -2.49. The predicted molar refractivity (Wildman–Crippen MR) is 55.7 cm³/mol. The van der Waals surface area contributed by atoms with Crippen LogP contribution in [0.15, 0.2) is 36.6 Å². The molecule has 0 saturated heterocycles. The zero-order chi connectivity index (χ0) is 12.2. The van der Waals surface area contributed by atoms with Crippen LogP contribution in [-0.2, 0) is 14.3 Å². The molecular weight excluding hydrogens is 212 g/mol. The molecule has 0 aromatic rings. The molecule has 1 rings (SSSR count). The Morgan fingerprint density at radius 1 is 1.38 bits per heavy atom. The lowest BCUT2D eigenvalue weighted by Gasteiger charge is -2.31. The monoisotopic (exact) mass is 224 g/mol. The Bertz CT molecular complexity index is 380. The lowest BCUT2D eigenvalue weighted by molar-refractivity contribution is -0.166. The summed E-state index contributed by atoms with van der Waals surface area (Å²) in [5, 5.41) is 18.1. The SMILES string of the molecule is CC=COC1(C(=O)O)C=CC=CC1C(=O)O. The van der Waals surface area contributed by atoms with E-state index in [2.05, 4.69) is 0 Å². The van der Waals surface area contributed by atoms with Gasteiger partial charge in [0.15, 0.2) is 0 Å². The van der Waals surface area contributed by atoms with Crippen molar-refractivity contribution in [3.8, 4) is 0 Å². The summed E-state index contributed by atoms with van der Waals surface area (Å²) in [6.45, 7) is 1.65. The largest absolute Gasteiger partial charge is 0.481 e. The number of ether oxygens (including phenoxy) is 1. The average Bonchev–Trinajstić information content (AvgIpc) is 2.26. The molecule has 0 heterocycles. The summed E-state index contributed by atoms with van der Waals surface area (Å²) >= 11 is 0. The molecule has 2 N–H and O–H groups in total. The third-order valence-electron chi connectivity index (χ3n) is 2.22. The molecule has 0 aromatic heterocycles. The maximum Gasteiger partial charge on any atom is 0.353 e. The van der Waals surface area contributed by atoms with Gasteiger partial charge in [0.2, 0.25) is 5.60 Å². The number of carboxylic acid groups (broad SMARTS) is 2. The molecule has 0 saturated carbocycles. The van der Waals surface area contributed by atoms with Crippen LogP contribution < -0.4 is 0 Å². The first-order valence-electron chi connectivity index (χ1n) is 4.66. The van der Waals surface area contributed by atoms with Gasteiger partial charge in [0.25, 0.3) is 0 Å². The average molecular weight is 224 g/mol. The van der Waals surface area contributed by atoms with Crippen molar-refractivity contribution in [1.29, 1.82) is 0 Å². The quantitative estimate of drug-likeness (QED) is 0.700. The van der Waals surface area contributed by atoms with Crippen molar-refractivity contribution in [1.82, 2.24) is 0 Å². The summed E-state index contributed by atoms with van der Waals surface area (Å²) in [6, 6.07) is 0. The molecule has 0 fully saturated rings. The topological polar surface area (TPSA) is 83.8 Å². The van der Waals surface area contributed by atoms with E-state index in [4.69, 9.17) is 14.9 Å². The van der Waals surface area contributed by atoms with E-state index in [1.165, 1.54) is 36.6 Å². The summed E-state index contributed by atoms with van der Waals surface area (Å²) < 4.78 is 5.06. The Kier molecular flexibility index (Phi) is 3.50. The normalized spacial score (nSPS) is 28.2. The summed E-state index contributed by atoms with van der Waals surface area (Å²) in [4.78, 5) is 22.2. The van der Waals surface area contributed by atoms with Crippen LogP contribution in [0.3, 0.4) is 0 Å². The maximum atomic E-state index is 11.2. The van der Waals surface area contributed by atoms with Crippen molar-refractivity contribution in [2.45, 2.75) is 12.5 Å². The van der Waals surface area contributed by atoms with E-state index in [9.17, 15) is 9.59 Å². The molecule has 0 aromatic carbocycles. The molecule has 5 heteroatoms. The first-order valence-corrected chi connectivity index (χ1v) is 4.66. The second-order valence-electron chi connectivity index (χ2n) is 3.25. The second kappa shape index (κ2) is 4.65. The summed E-state index contributed by atoms with van der Waals surface area (Å²) in [6.07, 6.45) is 8.13. The molecule has 0 aliphatic heterocycles. The first-order chi connectivity index (χ1) is 7.54. The smallest absolute Gasteiger partial charge is 0.353 e. The summed E-state index contributed by atoms with van der Waals surface area (Å²) in [7, 11) is 0. The number of rotatable bonds is 4. The van der Waals surface area contributed by atoms with Gasteiger partial charge in [-0.2, -0.15) is 0 Å². The van der Waals surface area contributed by atoms with Crippen molar-refractivity contribution in [2.24, 2.45) is 5.92 Å². The molecule has 5 nitrogen and oxygen atoms in total. The van der Waals surface area contributed by atoms with Gasteiger partial charge in [0, 0.05) is 0 Å². The Hall–Kier alpha value is -2.04. The number of carboxylic acids is 2. The van der Waals surface area contributed by atoms with Crippen LogP contribution in [0.2, 0.25) is 0 Å². The predicted octanol–water partition coefficient (Wildman–Crippen LogP) is 1.19. The number of allylic oxidation sites excluding steroid dienone is 3. The standard InChI is InChI=1S/C11H12O5/c1-2-7-16-11(10(14)15)6-4-3-5-8(11)9(12)13/h2-8H,1H3,(H,12,13)(H,14,15). The van der Waals surface area contributed by atoms with Gasteiger partial charge in [-0.25, -0.2) is 4.79 Å². The highest BCUT2D eigenvalue weighted by Gasteiger charge is 2.49. The van der Waals surface area contributed by atoms with Gasteiger partial charge >= 0.3 is 11.9 Å².